The van der Waals surface area contributed by atoms with Crippen LogP contribution in [0.1, 0.15) is 84.9 Å². The molecule has 1 saturated heterocycles. The molecule has 16 nitrogen and oxygen atoms in total. The minimum atomic E-state index is -1.80. The number of hydrogen-bond donors (Lipinski definition) is 9. The number of nitrogens with one attached hydrogen (secondary N) is 2. The number of carboxylic acid groups (broad SMARTS) is 1. The Balaban J connectivity index is 1.58. The monoisotopic (exact) mass is 708 g/mol. The summed E-state index contributed by atoms with van der Waals surface area (Å²) in [6, 6.07) is 2.69. The Kier molecular flexibility index (Phi) is 9.03. The van der Waals surface area contributed by atoms with Crippen LogP contribution in [-0.2, 0) is 14.3 Å². The first-order valence-corrected chi connectivity index (χ1v) is 15.9. The predicted molar refractivity (Wildman–Crippen MR) is 174 cm³/mol. The second-order valence-electron chi connectivity index (χ2n) is 12.8. The number of carbonyl (C=O) groups excluding carboxylic acids is 3. The van der Waals surface area contributed by atoms with E-state index in [9.17, 15) is 54.9 Å². The number of fused-ring (bicyclic) bond motifs is 5. The molecule has 0 radical (unpaired) electrons. The SMILES string of the molecule is CN[C@H]1[C@@H](O)[C@H](O)[C@@H](O[C@H]2c3cc(C)c(C(=O)N[C@H](C)C(=O)O)c(O)c3-c3c(cc4c(c3O)C(=O)c3cc(OC)cc(O)c3C4=O)[C@@H]2O)O[C@H]1C. The molecule has 6 rings (SSSR count). The number of methoxy groups -OCH3 is 1. The maximum atomic E-state index is 13.9. The van der Waals surface area contributed by atoms with Crippen molar-refractivity contribution in [3.63, 3.8) is 0 Å². The van der Waals surface area contributed by atoms with Crippen molar-refractivity contribution in [1.82, 2.24) is 10.6 Å². The number of hydrogen-bond acceptors (Lipinski definition) is 14. The van der Waals surface area contributed by atoms with Crippen LogP contribution < -0.4 is 15.4 Å². The number of carbonyl (C=O) groups is 4. The minimum Gasteiger partial charge on any atom is -0.507 e. The average Bonchev–Trinajstić information content (AvgIpc) is 3.07. The molecule has 1 amide bonds. The number of phenolic OH excluding ortho intramolecular Hbond substituents is 3. The topological polar surface area (TPSA) is 262 Å². The van der Waals surface area contributed by atoms with Gasteiger partial charge in [-0.15, -0.1) is 0 Å². The number of phenols is 3. The lowest BCUT2D eigenvalue weighted by Crippen LogP contribution is -2.61. The van der Waals surface area contributed by atoms with Gasteiger partial charge in [-0.25, -0.2) is 0 Å². The Labute approximate surface area is 289 Å². The van der Waals surface area contributed by atoms with Gasteiger partial charge in [0.1, 0.15) is 53.5 Å². The van der Waals surface area contributed by atoms with Crippen molar-refractivity contribution in [2.75, 3.05) is 14.2 Å². The van der Waals surface area contributed by atoms with Gasteiger partial charge in [0.15, 0.2) is 17.9 Å². The molecule has 3 aromatic rings. The van der Waals surface area contributed by atoms with E-state index in [4.69, 9.17) is 14.2 Å². The number of carboxylic acids is 1. The molecule has 8 atom stereocenters. The number of aliphatic hydroxyl groups excluding tert-OH is 3. The lowest BCUT2D eigenvalue weighted by molar-refractivity contribution is -0.295. The predicted octanol–water partition coefficient (Wildman–Crippen LogP) is 0.925. The number of aryl methyl sites for hydroxylation is 1. The van der Waals surface area contributed by atoms with E-state index in [1.54, 1.807) is 14.0 Å². The van der Waals surface area contributed by atoms with E-state index in [1.165, 1.54) is 33.1 Å². The zero-order valence-electron chi connectivity index (χ0n) is 27.9. The maximum Gasteiger partial charge on any atom is 0.325 e. The molecule has 16 heteroatoms. The highest BCUT2D eigenvalue weighted by Crippen LogP contribution is 2.57. The van der Waals surface area contributed by atoms with Crippen LogP contribution >= 0.6 is 0 Å². The number of amides is 1. The number of ketones is 2. The highest BCUT2D eigenvalue weighted by molar-refractivity contribution is 6.31. The van der Waals surface area contributed by atoms with Gasteiger partial charge in [-0.2, -0.15) is 0 Å². The van der Waals surface area contributed by atoms with Crippen molar-refractivity contribution in [3.05, 3.63) is 68.8 Å². The van der Waals surface area contributed by atoms with Crippen LogP contribution in [0.4, 0.5) is 0 Å². The molecule has 0 bridgehead atoms. The Hall–Kier alpha value is -5.10. The zero-order valence-corrected chi connectivity index (χ0v) is 27.9. The fourth-order valence-corrected chi connectivity index (χ4v) is 7.10. The summed E-state index contributed by atoms with van der Waals surface area (Å²) >= 11 is 0. The van der Waals surface area contributed by atoms with Crippen molar-refractivity contribution in [2.45, 2.75) is 69.7 Å². The van der Waals surface area contributed by atoms with Crippen LogP contribution in [0.25, 0.3) is 11.1 Å². The van der Waals surface area contributed by atoms with Crippen LogP contribution in [0, 0.1) is 6.92 Å². The van der Waals surface area contributed by atoms with Gasteiger partial charge in [0.05, 0.1) is 35.9 Å². The number of ether oxygens (including phenoxy) is 3. The van der Waals surface area contributed by atoms with E-state index in [1.807, 2.05) is 0 Å². The first kappa shape index (κ1) is 35.7. The van der Waals surface area contributed by atoms with Gasteiger partial charge in [-0.1, -0.05) is 6.07 Å². The standard InChI is InChI=1S/C35H36N2O14/c1-10-6-17-22(28(42)19(10)33(46)37-11(2)34(47)48)21-15(27(41)32(17)51-35-31(45)30(44)24(36-4)12(3)50-35)9-16-23(29(21)43)26(40)14-7-13(49-5)8-18(38)20(14)25(16)39/h6-9,11-12,24,27,30-32,35-36,38,41-45H,1-5H3,(H,37,46)(H,47,48)/t11-,12+,24-,27+,30-,31+,32+,35-/m1/s1. The molecule has 51 heavy (non-hydrogen) atoms. The van der Waals surface area contributed by atoms with E-state index in [0.717, 1.165) is 12.1 Å². The Morgan fingerprint density at radius 1 is 0.882 bits per heavy atom. The van der Waals surface area contributed by atoms with E-state index < -0.39 is 106 Å². The van der Waals surface area contributed by atoms with E-state index in [2.05, 4.69) is 10.6 Å². The number of aromatic hydroxyl groups is 3. The number of likely N-dealkylation sites (N-methyl/N-ethyl adjacent to an activating group) is 1. The lowest BCUT2D eigenvalue weighted by Gasteiger charge is -2.44. The highest BCUT2D eigenvalue weighted by atomic mass is 16.7. The smallest absolute Gasteiger partial charge is 0.325 e. The number of aliphatic hydroxyl groups is 3. The largest absolute Gasteiger partial charge is 0.507 e. The van der Waals surface area contributed by atoms with Crippen LogP contribution in [0.15, 0.2) is 24.3 Å². The second kappa shape index (κ2) is 12.9. The van der Waals surface area contributed by atoms with Crippen molar-refractivity contribution >= 4 is 23.4 Å². The summed E-state index contributed by atoms with van der Waals surface area (Å²) in [5.41, 5.74) is -2.88. The molecule has 3 aliphatic rings. The molecule has 270 valence electrons. The van der Waals surface area contributed by atoms with Crippen LogP contribution in [0.5, 0.6) is 23.0 Å². The molecule has 0 aromatic heterocycles. The molecule has 0 saturated carbocycles. The molecular formula is C35H36N2O14. The van der Waals surface area contributed by atoms with Crippen LogP contribution in [0.3, 0.4) is 0 Å². The van der Waals surface area contributed by atoms with Crippen LogP contribution in [0.2, 0.25) is 0 Å². The third kappa shape index (κ3) is 5.47. The van der Waals surface area contributed by atoms with Gasteiger partial charge >= 0.3 is 5.97 Å². The molecule has 0 unspecified atom stereocenters. The summed E-state index contributed by atoms with van der Waals surface area (Å²) in [7, 11) is 2.84. The summed E-state index contributed by atoms with van der Waals surface area (Å²) in [6.45, 7) is 4.23. The summed E-state index contributed by atoms with van der Waals surface area (Å²) in [6.07, 6.45) is -8.68. The molecule has 1 fully saturated rings. The average molecular weight is 709 g/mol. The van der Waals surface area contributed by atoms with Gasteiger partial charge in [-0.3, -0.25) is 19.2 Å². The first-order valence-electron chi connectivity index (χ1n) is 15.9. The third-order valence-corrected chi connectivity index (χ3v) is 9.70. The van der Waals surface area contributed by atoms with Gasteiger partial charge in [0.25, 0.3) is 5.91 Å². The van der Waals surface area contributed by atoms with Gasteiger partial charge in [0.2, 0.25) is 0 Å². The quantitative estimate of drug-likeness (QED) is 0.129. The van der Waals surface area contributed by atoms with Crippen molar-refractivity contribution in [1.29, 1.82) is 0 Å². The third-order valence-electron chi connectivity index (χ3n) is 9.70. The normalized spacial score (nSPS) is 25.6. The van der Waals surface area contributed by atoms with Gasteiger partial charge < -0.3 is 60.6 Å². The van der Waals surface area contributed by atoms with Crippen LogP contribution in [-0.4, -0.2) is 110 Å². The maximum absolute atomic E-state index is 13.9. The molecule has 1 heterocycles. The van der Waals surface area contributed by atoms with Gasteiger partial charge in [-0.05, 0) is 56.6 Å². The fraction of sp³-hybridized carbons (Fsp3) is 0.371. The first-order chi connectivity index (χ1) is 24.0. The van der Waals surface area contributed by atoms with Crippen molar-refractivity contribution in [2.24, 2.45) is 0 Å². The molecule has 0 spiro atoms. The second-order valence-corrected chi connectivity index (χ2v) is 12.8. The Bertz CT molecular complexity index is 2010. The highest BCUT2D eigenvalue weighted by Gasteiger charge is 2.48. The summed E-state index contributed by atoms with van der Waals surface area (Å²) in [5, 5.41) is 82.5. The number of aliphatic carboxylic acids is 1. The molecular weight excluding hydrogens is 672 g/mol. The zero-order chi connectivity index (χ0) is 37.4. The number of benzene rings is 3. The van der Waals surface area contributed by atoms with Crippen molar-refractivity contribution < 1.29 is 69.1 Å². The van der Waals surface area contributed by atoms with Crippen molar-refractivity contribution in [3.8, 4) is 34.1 Å². The Morgan fingerprint density at radius 3 is 2.14 bits per heavy atom. The molecule has 1 aliphatic heterocycles. The summed E-state index contributed by atoms with van der Waals surface area (Å²) in [4.78, 5) is 52.7. The minimum absolute atomic E-state index is 0.0426. The molecule has 2 aliphatic carbocycles. The lowest BCUT2D eigenvalue weighted by atomic mass is 9.74. The van der Waals surface area contributed by atoms with E-state index in [-0.39, 0.29) is 44.7 Å². The van der Waals surface area contributed by atoms with E-state index >= 15 is 0 Å². The Morgan fingerprint density at radius 2 is 1.51 bits per heavy atom. The fourth-order valence-electron chi connectivity index (χ4n) is 7.10. The summed E-state index contributed by atoms with van der Waals surface area (Å²) in [5.74, 6) is -6.33. The number of rotatable bonds is 7. The molecule has 9 N–H and O–H groups in total. The summed E-state index contributed by atoms with van der Waals surface area (Å²) < 4.78 is 17.1. The van der Waals surface area contributed by atoms with Gasteiger partial charge in [0, 0.05) is 28.3 Å². The van der Waals surface area contributed by atoms with E-state index in [0.29, 0.717) is 0 Å². The molecule has 3 aromatic carbocycles.